The maximum atomic E-state index is 13.1. The fraction of sp³-hybridized carbons (Fsp3) is 0.280. The second-order valence-corrected chi connectivity index (χ2v) is 7.29. The number of H-pyrrole nitrogens is 1. The van der Waals surface area contributed by atoms with Crippen LogP contribution in [0.5, 0.6) is 5.75 Å². The van der Waals surface area contributed by atoms with Gasteiger partial charge >= 0.3 is 5.97 Å². The van der Waals surface area contributed by atoms with Crippen LogP contribution in [0.2, 0.25) is 0 Å². The number of para-hydroxylation sites is 1. The van der Waals surface area contributed by atoms with Gasteiger partial charge in [-0.1, -0.05) is 48.5 Å². The van der Waals surface area contributed by atoms with Gasteiger partial charge in [-0.05, 0) is 44.0 Å². The lowest BCUT2D eigenvalue weighted by Gasteiger charge is -2.23. The summed E-state index contributed by atoms with van der Waals surface area (Å²) in [5, 5.41) is 0. The fourth-order valence-corrected chi connectivity index (χ4v) is 3.46. The Morgan fingerprint density at radius 3 is 2.23 bits per heavy atom. The smallest absolute Gasteiger partial charge is 0.340 e. The number of hydrogen-bond acceptors (Lipinski definition) is 4. The molecule has 0 fully saturated rings. The van der Waals surface area contributed by atoms with E-state index in [1.165, 1.54) is 0 Å². The molecule has 1 aromatic heterocycles. The average molecular weight is 421 g/mol. The molecule has 0 atom stereocenters. The molecule has 0 aliphatic carbocycles. The SMILES string of the molecule is CCOC(=O)c1c(C)[nH]c(CN(Cc2ccccc2)C(=O)COc2ccccc2)c1C. The Balaban J connectivity index is 1.80. The van der Waals surface area contributed by atoms with E-state index in [1.54, 1.807) is 11.8 Å². The number of hydrogen-bond donors (Lipinski definition) is 1. The Labute approximate surface area is 182 Å². The van der Waals surface area contributed by atoms with Gasteiger partial charge in [-0.15, -0.1) is 0 Å². The third kappa shape index (κ3) is 5.75. The minimum Gasteiger partial charge on any atom is -0.484 e. The molecule has 0 radical (unpaired) electrons. The number of nitrogens with one attached hydrogen (secondary N) is 1. The van der Waals surface area contributed by atoms with E-state index in [2.05, 4.69) is 4.98 Å². The van der Waals surface area contributed by atoms with Crippen molar-refractivity contribution in [2.24, 2.45) is 0 Å². The van der Waals surface area contributed by atoms with Gasteiger partial charge in [0.1, 0.15) is 5.75 Å². The van der Waals surface area contributed by atoms with Gasteiger partial charge in [0.25, 0.3) is 5.91 Å². The van der Waals surface area contributed by atoms with Crippen LogP contribution >= 0.6 is 0 Å². The van der Waals surface area contributed by atoms with Crippen molar-refractivity contribution < 1.29 is 19.1 Å². The van der Waals surface area contributed by atoms with E-state index in [0.29, 0.717) is 31.0 Å². The molecule has 0 saturated carbocycles. The lowest BCUT2D eigenvalue weighted by molar-refractivity contribution is -0.134. The summed E-state index contributed by atoms with van der Waals surface area (Å²) in [6.07, 6.45) is 0. The predicted octanol–water partition coefficient (Wildman–Crippen LogP) is 4.42. The molecule has 1 amide bonds. The Bertz CT molecular complexity index is 1010. The number of aromatic nitrogens is 1. The van der Waals surface area contributed by atoms with Crippen LogP contribution in [0.25, 0.3) is 0 Å². The van der Waals surface area contributed by atoms with Crippen LogP contribution in [0, 0.1) is 13.8 Å². The molecule has 0 aliphatic rings. The largest absolute Gasteiger partial charge is 0.484 e. The van der Waals surface area contributed by atoms with Gasteiger partial charge in [0.05, 0.1) is 18.7 Å². The van der Waals surface area contributed by atoms with Crippen molar-refractivity contribution in [2.45, 2.75) is 33.9 Å². The zero-order chi connectivity index (χ0) is 22.2. The van der Waals surface area contributed by atoms with E-state index in [1.807, 2.05) is 74.5 Å². The van der Waals surface area contributed by atoms with E-state index < -0.39 is 0 Å². The lowest BCUT2D eigenvalue weighted by atomic mass is 10.1. The number of carbonyl (C=O) groups excluding carboxylic acids is 2. The van der Waals surface area contributed by atoms with E-state index in [0.717, 1.165) is 22.5 Å². The van der Waals surface area contributed by atoms with Crippen molar-refractivity contribution in [3.05, 3.63) is 88.7 Å². The van der Waals surface area contributed by atoms with Crippen molar-refractivity contribution in [2.75, 3.05) is 13.2 Å². The summed E-state index contributed by atoms with van der Waals surface area (Å²) in [6.45, 7) is 6.50. The molecule has 2 aromatic carbocycles. The summed E-state index contributed by atoms with van der Waals surface area (Å²) in [5.74, 6) is 0.150. The first-order valence-electron chi connectivity index (χ1n) is 10.3. The summed E-state index contributed by atoms with van der Waals surface area (Å²) >= 11 is 0. The molecule has 1 heterocycles. The predicted molar refractivity (Wildman–Crippen MR) is 119 cm³/mol. The van der Waals surface area contributed by atoms with Crippen LogP contribution in [0.3, 0.4) is 0 Å². The fourth-order valence-electron chi connectivity index (χ4n) is 3.46. The molecule has 0 spiro atoms. The molecule has 0 aliphatic heterocycles. The number of nitrogens with zero attached hydrogens (tertiary/aromatic N) is 1. The molecule has 31 heavy (non-hydrogen) atoms. The summed E-state index contributed by atoms with van der Waals surface area (Å²) < 4.78 is 10.9. The van der Waals surface area contributed by atoms with Gasteiger partial charge in [0, 0.05) is 17.9 Å². The number of ether oxygens (including phenoxy) is 2. The first-order chi connectivity index (χ1) is 15.0. The molecule has 0 unspecified atom stereocenters. The van der Waals surface area contributed by atoms with Gasteiger partial charge in [-0.2, -0.15) is 0 Å². The summed E-state index contributed by atoms with van der Waals surface area (Å²) in [4.78, 5) is 30.4. The summed E-state index contributed by atoms with van der Waals surface area (Å²) in [6, 6.07) is 19.1. The molecule has 162 valence electrons. The second kappa shape index (κ2) is 10.5. The van der Waals surface area contributed by atoms with Crippen LogP contribution < -0.4 is 4.74 Å². The molecule has 6 nitrogen and oxygen atoms in total. The number of carbonyl (C=O) groups is 2. The van der Waals surface area contributed by atoms with Crippen molar-refractivity contribution in [1.82, 2.24) is 9.88 Å². The molecule has 6 heteroatoms. The van der Waals surface area contributed by atoms with Gasteiger partial charge in [-0.25, -0.2) is 4.79 Å². The summed E-state index contributed by atoms with van der Waals surface area (Å²) in [5.41, 5.74) is 3.89. The average Bonchev–Trinajstić information content (AvgIpc) is 3.06. The van der Waals surface area contributed by atoms with Crippen LogP contribution in [0.15, 0.2) is 60.7 Å². The lowest BCUT2D eigenvalue weighted by Crippen LogP contribution is -2.34. The first-order valence-corrected chi connectivity index (χ1v) is 10.3. The monoisotopic (exact) mass is 420 g/mol. The maximum absolute atomic E-state index is 13.1. The first kappa shape index (κ1) is 22.2. The van der Waals surface area contributed by atoms with E-state index in [9.17, 15) is 9.59 Å². The van der Waals surface area contributed by atoms with E-state index in [-0.39, 0.29) is 18.5 Å². The molecule has 0 saturated heterocycles. The number of benzene rings is 2. The third-order valence-electron chi connectivity index (χ3n) is 5.04. The summed E-state index contributed by atoms with van der Waals surface area (Å²) in [7, 11) is 0. The normalized spacial score (nSPS) is 10.5. The third-order valence-corrected chi connectivity index (χ3v) is 5.04. The molecule has 0 bridgehead atoms. The Kier molecular flexibility index (Phi) is 7.49. The van der Waals surface area contributed by atoms with Gasteiger partial charge < -0.3 is 19.4 Å². The molecule has 3 aromatic rings. The highest BCUT2D eigenvalue weighted by atomic mass is 16.5. The Hall–Kier alpha value is -3.54. The highest BCUT2D eigenvalue weighted by Gasteiger charge is 2.23. The van der Waals surface area contributed by atoms with Crippen molar-refractivity contribution in [3.63, 3.8) is 0 Å². The quantitative estimate of drug-likeness (QED) is 0.520. The number of aromatic amines is 1. The highest BCUT2D eigenvalue weighted by Crippen LogP contribution is 2.21. The number of rotatable bonds is 9. The molecule has 1 N–H and O–H groups in total. The van der Waals surface area contributed by atoms with Crippen LogP contribution in [-0.2, 0) is 22.6 Å². The zero-order valence-corrected chi connectivity index (χ0v) is 18.2. The van der Waals surface area contributed by atoms with Gasteiger partial charge in [0.15, 0.2) is 6.61 Å². The number of esters is 1. The highest BCUT2D eigenvalue weighted by molar-refractivity contribution is 5.92. The van der Waals surface area contributed by atoms with Crippen LogP contribution in [0.1, 0.15) is 39.8 Å². The van der Waals surface area contributed by atoms with Crippen LogP contribution in [-0.4, -0.2) is 35.0 Å². The van der Waals surface area contributed by atoms with Crippen molar-refractivity contribution in [3.8, 4) is 5.75 Å². The Morgan fingerprint density at radius 2 is 1.58 bits per heavy atom. The van der Waals surface area contributed by atoms with Gasteiger partial charge in [-0.3, -0.25) is 4.79 Å². The molecule has 3 rings (SSSR count). The van der Waals surface area contributed by atoms with Crippen molar-refractivity contribution in [1.29, 1.82) is 0 Å². The van der Waals surface area contributed by atoms with Crippen LogP contribution in [0.4, 0.5) is 0 Å². The second-order valence-electron chi connectivity index (χ2n) is 7.29. The number of amides is 1. The minimum atomic E-state index is -0.353. The maximum Gasteiger partial charge on any atom is 0.340 e. The van der Waals surface area contributed by atoms with Gasteiger partial charge in [0.2, 0.25) is 0 Å². The molecular formula is C25H28N2O4. The van der Waals surface area contributed by atoms with E-state index >= 15 is 0 Å². The minimum absolute atomic E-state index is 0.0691. The number of aryl methyl sites for hydroxylation is 1. The topological polar surface area (TPSA) is 71.6 Å². The Morgan fingerprint density at radius 1 is 0.935 bits per heavy atom. The van der Waals surface area contributed by atoms with E-state index in [4.69, 9.17) is 9.47 Å². The zero-order valence-electron chi connectivity index (χ0n) is 18.2. The standard InChI is InChI=1S/C25H28N2O4/c1-4-30-25(29)24-18(2)22(26-19(24)3)16-27(15-20-11-7-5-8-12-20)23(28)17-31-21-13-9-6-10-14-21/h5-14,26H,4,15-17H2,1-3H3. The molecular weight excluding hydrogens is 392 g/mol. The van der Waals surface area contributed by atoms with Crippen molar-refractivity contribution >= 4 is 11.9 Å².